The number of phosphoric ester groups is 1. The molecule has 0 radical (unpaired) electrons. The van der Waals surface area contributed by atoms with Crippen LogP contribution < -0.4 is 0 Å². The zero-order chi connectivity index (χ0) is 29.7. The van der Waals surface area contributed by atoms with E-state index in [0.717, 1.165) is 37.0 Å². The van der Waals surface area contributed by atoms with E-state index in [4.69, 9.17) is 9.05 Å². The molecular formula is C23H42N3O12P. The van der Waals surface area contributed by atoms with E-state index in [1.807, 2.05) is 0 Å². The van der Waals surface area contributed by atoms with Gasteiger partial charge in [-0.15, -0.1) is 0 Å². The third-order valence-electron chi connectivity index (χ3n) is 5.60. The van der Waals surface area contributed by atoms with E-state index in [9.17, 15) is 48.8 Å². The number of carbonyl (C=O) groups is 5. The Morgan fingerprint density at radius 2 is 1.31 bits per heavy atom. The van der Waals surface area contributed by atoms with Gasteiger partial charge in [0.1, 0.15) is 12.6 Å². The third kappa shape index (κ3) is 20.3. The number of unbranched alkanes of at least 4 members (excludes halogenated alkanes) is 5. The summed E-state index contributed by atoms with van der Waals surface area (Å²) in [5, 5.41) is 27.9. The molecule has 2 unspecified atom stereocenters. The predicted molar refractivity (Wildman–Crippen MR) is 138 cm³/mol. The molecule has 0 rings (SSSR count). The number of hydrogen-bond acceptors (Lipinski definition) is 11. The van der Waals surface area contributed by atoms with Crippen molar-refractivity contribution in [3.8, 4) is 0 Å². The molecule has 0 spiro atoms. The van der Waals surface area contributed by atoms with Crippen LogP contribution in [0.5, 0.6) is 0 Å². The topological polar surface area (TPSA) is 212 Å². The highest BCUT2D eigenvalue weighted by molar-refractivity contribution is 7.47. The Hall–Kier alpha value is -2.26. The summed E-state index contributed by atoms with van der Waals surface area (Å²) in [4.78, 5) is 69.8. The van der Waals surface area contributed by atoms with Gasteiger partial charge in [-0.25, -0.2) is 4.57 Å². The van der Waals surface area contributed by atoms with E-state index < -0.39 is 58.0 Å². The van der Waals surface area contributed by atoms with Crippen molar-refractivity contribution in [3.05, 3.63) is 0 Å². The first-order valence-electron chi connectivity index (χ1n) is 12.8. The monoisotopic (exact) mass is 583 g/mol. The lowest BCUT2D eigenvalue weighted by Crippen LogP contribution is -2.52. The summed E-state index contributed by atoms with van der Waals surface area (Å²) in [6.07, 6.45) is 6.64. The van der Waals surface area contributed by atoms with Crippen molar-refractivity contribution in [2.24, 2.45) is 0 Å². The SMILES string of the molecule is CCCCCCCCOP(=O)(O)OCC(CN(CCN(CC=O)CC=O)CC(=O)O)N(CC(=O)O)CC(=O)O. The molecule has 2 atom stereocenters. The second kappa shape index (κ2) is 21.5. The molecule has 15 nitrogen and oxygen atoms in total. The van der Waals surface area contributed by atoms with Crippen LogP contribution in [0.25, 0.3) is 0 Å². The maximum atomic E-state index is 12.4. The molecule has 0 bridgehead atoms. The van der Waals surface area contributed by atoms with Gasteiger partial charge < -0.3 is 29.8 Å². The average molecular weight is 584 g/mol. The Kier molecular flexibility index (Phi) is 20.3. The number of carbonyl (C=O) groups excluding carboxylic acids is 2. The Morgan fingerprint density at radius 1 is 0.795 bits per heavy atom. The molecule has 0 amide bonds. The Bertz CT molecular complexity index is 774. The van der Waals surface area contributed by atoms with Crippen molar-refractivity contribution in [1.82, 2.24) is 14.7 Å². The van der Waals surface area contributed by atoms with Crippen molar-refractivity contribution in [2.45, 2.75) is 51.5 Å². The second-order valence-corrected chi connectivity index (χ2v) is 10.4. The zero-order valence-electron chi connectivity index (χ0n) is 22.4. The molecule has 4 N–H and O–H groups in total. The van der Waals surface area contributed by atoms with Crippen LogP contribution in [0.1, 0.15) is 45.4 Å². The van der Waals surface area contributed by atoms with Crippen molar-refractivity contribution >= 4 is 38.3 Å². The standard InChI is InChI=1S/C23H42N3O12P/c1-2-3-4-5-6-7-14-37-39(35,36)38-19-20(26(17-22(31)32)18-23(33)34)15-25(16-21(29)30)9-8-24(10-12-27)11-13-28/h12-13,20H,2-11,14-19H2,1H3,(H,29,30)(H,31,32)(H,33,34)(H,35,36). The van der Waals surface area contributed by atoms with Crippen LogP contribution in [0.15, 0.2) is 0 Å². The normalized spacial score (nSPS) is 13.9. The van der Waals surface area contributed by atoms with Gasteiger partial charge in [-0.1, -0.05) is 39.0 Å². The van der Waals surface area contributed by atoms with Gasteiger partial charge in [-0.05, 0) is 6.42 Å². The fourth-order valence-corrected chi connectivity index (χ4v) is 4.48. The molecule has 0 aromatic rings. The third-order valence-corrected chi connectivity index (χ3v) is 6.59. The lowest BCUT2D eigenvalue weighted by atomic mass is 10.1. The summed E-state index contributed by atoms with van der Waals surface area (Å²) in [5.41, 5.74) is 0. The maximum Gasteiger partial charge on any atom is 0.472 e. The molecule has 39 heavy (non-hydrogen) atoms. The molecule has 0 saturated heterocycles. The molecule has 0 aromatic heterocycles. The highest BCUT2D eigenvalue weighted by Crippen LogP contribution is 2.43. The number of aliphatic carboxylic acids is 3. The molecule has 0 saturated carbocycles. The predicted octanol–water partition coefficient (Wildman–Crippen LogP) is 0.407. The van der Waals surface area contributed by atoms with Crippen LogP contribution in [0.4, 0.5) is 0 Å². The summed E-state index contributed by atoms with van der Waals surface area (Å²) in [6, 6.07) is -1.14. The van der Waals surface area contributed by atoms with Gasteiger partial charge in [0.05, 0.1) is 45.9 Å². The summed E-state index contributed by atoms with van der Waals surface area (Å²) in [7, 11) is -4.58. The van der Waals surface area contributed by atoms with Gasteiger partial charge in [0, 0.05) is 25.7 Å². The summed E-state index contributed by atoms with van der Waals surface area (Å²) in [6.45, 7) is -1.01. The fraction of sp³-hybridized carbons (Fsp3) is 0.783. The summed E-state index contributed by atoms with van der Waals surface area (Å²) >= 11 is 0. The molecule has 0 aromatic carbocycles. The minimum absolute atomic E-state index is 0.00375. The van der Waals surface area contributed by atoms with Gasteiger partial charge >= 0.3 is 25.7 Å². The van der Waals surface area contributed by atoms with Crippen molar-refractivity contribution in [2.75, 3.05) is 65.6 Å². The van der Waals surface area contributed by atoms with Crippen molar-refractivity contribution in [3.63, 3.8) is 0 Å². The van der Waals surface area contributed by atoms with E-state index in [0.29, 0.717) is 19.0 Å². The Balaban J connectivity index is 5.51. The lowest BCUT2D eigenvalue weighted by Gasteiger charge is -2.34. The van der Waals surface area contributed by atoms with Gasteiger partial charge in [0.2, 0.25) is 0 Å². The molecule has 0 fully saturated rings. The molecule has 0 aliphatic heterocycles. The smallest absolute Gasteiger partial charge is 0.472 e. The van der Waals surface area contributed by atoms with Gasteiger partial charge in [0.15, 0.2) is 0 Å². The molecule has 0 aliphatic rings. The maximum absolute atomic E-state index is 12.4. The second-order valence-electron chi connectivity index (χ2n) is 8.93. The zero-order valence-corrected chi connectivity index (χ0v) is 23.3. The van der Waals surface area contributed by atoms with Crippen LogP contribution in [0, 0.1) is 0 Å². The van der Waals surface area contributed by atoms with Gasteiger partial charge in [-0.3, -0.25) is 38.1 Å². The Labute approximate surface area is 228 Å². The first kappa shape index (κ1) is 36.7. The first-order valence-corrected chi connectivity index (χ1v) is 14.3. The van der Waals surface area contributed by atoms with Crippen LogP contribution in [0.2, 0.25) is 0 Å². The van der Waals surface area contributed by atoms with Gasteiger partial charge in [-0.2, -0.15) is 0 Å². The number of nitrogens with zero attached hydrogens (tertiary/aromatic N) is 3. The van der Waals surface area contributed by atoms with E-state index in [1.165, 1.54) is 9.80 Å². The van der Waals surface area contributed by atoms with Crippen LogP contribution in [0.3, 0.4) is 0 Å². The quantitative estimate of drug-likeness (QED) is 0.0586. The van der Waals surface area contributed by atoms with E-state index in [1.54, 1.807) is 0 Å². The molecular weight excluding hydrogens is 541 g/mol. The number of aldehydes is 2. The lowest BCUT2D eigenvalue weighted by molar-refractivity contribution is -0.144. The van der Waals surface area contributed by atoms with Crippen LogP contribution >= 0.6 is 7.82 Å². The molecule has 226 valence electrons. The summed E-state index contributed by atoms with van der Waals surface area (Å²) < 4.78 is 22.5. The van der Waals surface area contributed by atoms with Crippen molar-refractivity contribution in [1.29, 1.82) is 0 Å². The van der Waals surface area contributed by atoms with E-state index in [-0.39, 0.29) is 39.3 Å². The highest BCUT2D eigenvalue weighted by Gasteiger charge is 2.30. The Morgan fingerprint density at radius 3 is 1.82 bits per heavy atom. The van der Waals surface area contributed by atoms with E-state index in [2.05, 4.69) is 6.92 Å². The average Bonchev–Trinajstić information content (AvgIpc) is 2.83. The fourth-order valence-electron chi connectivity index (χ4n) is 3.69. The number of carboxylic acids is 3. The summed E-state index contributed by atoms with van der Waals surface area (Å²) in [5.74, 6) is -3.99. The highest BCUT2D eigenvalue weighted by atomic mass is 31.2. The molecule has 16 heteroatoms. The van der Waals surface area contributed by atoms with Crippen LogP contribution in [-0.4, -0.2) is 137 Å². The number of rotatable bonds is 27. The largest absolute Gasteiger partial charge is 0.480 e. The number of carboxylic acid groups (broad SMARTS) is 3. The minimum atomic E-state index is -4.58. The van der Waals surface area contributed by atoms with E-state index >= 15 is 0 Å². The van der Waals surface area contributed by atoms with Crippen molar-refractivity contribution < 1.29 is 57.8 Å². The van der Waals surface area contributed by atoms with Crippen LogP contribution in [-0.2, 0) is 37.6 Å². The van der Waals surface area contributed by atoms with Gasteiger partial charge in [0.25, 0.3) is 0 Å². The molecule has 0 heterocycles. The number of hydrogen-bond donors (Lipinski definition) is 4. The number of phosphoric acid groups is 1. The minimum Gasteiger partial charge on any atom is -0.480 e. The molecule has 0 aliphatic carbocycles. The first-order chi connectivity index (χ1) is 18.4.